The van der Waals surface area contributed by atoms with Crippen molar-refractivity contribution in [3.63, 3.8) is 0 Å². The number of halogens is 1. The fourth-order valence-electron chi connectivity index (χ4n) is 1.97. The Labute approximate surface area is 142 Å². The molecule has 0 aliphatic rings. The summed E-state index contributed by atoms with van der Waals surface area (Å²) < 4.78 is 6.31. The van der Waals surface area contributed by atoms with Gasteiger partial charge in [-0.3, -0.25) is 0 Å². The normalized spacial score (nSPS) is 10.2. The molecule has 23 heavy (non-hydrogen) atoms. The predicted molar refractivity (Wildman–Crippen MR) is 93.5 cm³/mol. The molecule has 0 spiro atoms. The van der Waals surface area contributed by atoms with Crippen LogP contribution in [0.4, 0.5) is 23.1 Å². The van der Waals surface area contributed by atoms with Crippen LogP contribution in [-0.4, -0.2) is 22.3 Å². The van der Waals surface area contributed by atoms with Gasteiger partial charge in [0.15, 0.2) is 5.82 Å². The van der Waals surface area contributed by atoms with Crippen LogP contribution in [0.15, 0.2) is 59.2 Å². The molecule has 1 heterocycles. The van der Waals surface area contributed by atoms with Gasteiger partial charge in [0.05, 0.1) is 19.0 Å². The number of aromatic nitrogens is 3. The summed E-state index contributed by atoms with van der Waals surface area (Å²) in [5.74, 6) is 1.69. The zero-order valence-corrected chi connectivity index (χ0v) is 13.9. The van der Waals surface area contributed by atoms with Crippen molar-refractivity contribution in [2.75, 3.05) is 17.7 Å². The van der Waals surface area contributed by atoms with Gasteiger partial charge in [-0.15, -0.1) is 5.10 Å². The number of ether oxygens (including phenoxy) is 1. The highest BCUT2D eigenvalue weighted by atomic mass is 79.9. The summed E-state index contributed by atoms with van der Waals surface area (Å²) in [7, 11) is 1.62. The largest absolute Gasteiger partial charge is 0.495 e. The first-order valence-electron chi connectivity index (χ1n) is 6.87. The third kappa shape index (κ3) is 3.95. The third-order valence-corrected chi connectivity index (χ3v) is 3.56. The average Bonchev–Trinajstić information content (AvgIpc) is 2.58. The minimum Gasteiger partial charge on any atom is -0.495 e. The molecule has 6 nitrogen and oxygen atoms in total. The Morgan fingerprint density at radius 2 is 1.78 bits per heavy atom. The van der Waals surface area contributed by atoms with E-state index in [-0.39, 0.29) is 0 Å². The van der Waals surface area contributed by atoms with Gasteiger partial charge in [0.1, 0.15) is 5.75 Å². The average molecular weight is 372 g/mol. The summed E-state index contributed by atoms with van der Waals surface area (Å²) in [5, 5.41) is 14.2. The number of methoxy groups -OCH3 is 1. The van der Waals surface area contributed by atoms with Crippen molar-refractivity contribution in [3.8, 4) is 5.75 Å². The summed E-state index contributed by atoms with van der Waals surface area (Å²) in [6, 6.07) is 15.3. The Balaban J connectivity index is 1.78. The van der Waals surface area contributed by atoms with Crippen molar-refractivity contribution < 1.29 is 4.74 Å². The molecule has 0 amide bonds. The molecule has 2 N–H and O–H groups in total. The SMILES string of the molecule is COc1ccccc1Nc1nncc(Nc2ccc(Br)cc2)n1. The van der Waals surface area contributed by atoms with Crippen LogP contribution < -0.4 is 15.4 Å². The molecule has 0 saturated carbocycles. The molecule has 7 heteroatoms. The molecule has 0 atom stereocenters. The fraction of sp³-hybridized carbons (Fsp3) is 0.0625. The monoisotopic (exact) mass is 371 g/mol. The Bertz CT molecular complexity index is 794. The molecule has 116 valence electrons. The van der Waals surface area contributed by atoms with Crippen LogP contribution in [0.5, 0.6) is 5.75 Å². The molecular weight excluding hydrogens is 358 g/mol. The second-order valence-corrected chi connectivity index (χ2v) is 5.54. The number of anilines is 4. The smallest absolute Gasteiger partial charge is 0.249 e. The van der Waals surface area contributed by atoms with Crippen molar-refractivity contribution in [2.45, 2.75) is 0 Å². The zero-order chi connectivity index (χ0) is 16.1. The van der Waals surface area contributed by atoms with Gasteiger partial charge >= 0.3 is 0 Å². The number of hydrogen-bond donors (Lipinski definition) is 2. The first-order valence-corrected chi connectivity index (χ1v) is 7.66. The van der Waals surface area contributed by atoms with Crippen molar-refractivity contribution in [1.82, 2.24) is 15.2 Å². The van der Waals surface area contributed by atoms with E-state index < -0.39 is 0 Å². The lowest BCUT2D eigenvalue weighted by Gasteiger charge is -2.10. The van der Waals surface area contributed by atoms with Crippen molar-refractivity contribution >= 4 is 39.1 Å². The molecular formula is C16H14BrN5O. The summed E-state index contributed by atoms with van der Waals surface area (Å²) in [6.07, 6.45) is 1.56. The van der Waals surface area contributed by atoms with Gasteiger partial charge in [-0.1, -0.05) is 28.1 Å². The number of benzene rings is 2. The maximum Gasteiger partial charge on any atom is 0.249 e. The predicted octanol–water partition coefficient (Wildman–Crippen LogP) is 4.13. The zero-order valence-electron chi connectivity index (χ0n) is 12.3. The van der Waals surface area contributed by atoms with E-state index in [0.29, 0.717) is 17.5 Å². The van der Waals surface area contributed by atoms with Crippen LogP contribution in [0.25, 0.3) is 0 Å². The maximum absolute atomic E-state index is 5.30. The highest BCUT2D eigenvalue weighted by molar-refractivity contribution is 9.10. The quantitative estimate of drug-likeness (QED) is 0.702. The van der Waals surface area contributed by atoms with Crippen LogP contribution in [0, 0.1) is 0 Å². The standard InChI is InChI=1S/C16H14BrN5O/c1-23-14-5-3-2-4-13(14)20-16-21-15(10-18-22-16)19-12-8-6-11(17)7-9-12/h2-10H,1H3,(H2,19,20,21,22). The Morgan fingerprint density at radius 3 is 2.57 bits per heavy atom. The van der Waals surface area contributed by atoms with Crippen molar-refractivity contribution in [1.29, 1.82) is 0 Å². The molecule has 0 bridgehead atoms. The van der Waals surface area contributed by atoms with Gasteiger partial charge in [-0.05, 0) is 36.4 Å². The molecule has 0 unspecified atom stereocenters. The van der Waals surface area contributed by atoms with E-state index in [1.807, 2.05) is 48.5 Å². The minimum atomic E-state index is 0.386. The third-order valence-electron chi connectivity index (χ3n) is 3.03. The van der Waals surface area contributed by atoms with Gasteiger partial charge in [0.2, 0.25) is 5.95 Å². The Kier molecular flexibility index (Phi) is 4.68. The van der Waals surface area contributed by atoms with E-state index in [1.54, 1.807) is 13.3 Å². The van der Waals surface area contributed by atoms with Crippen LogP contribution in [0.1, 0.15) is 0 Å². The summed E-state index contributed by atoms with van der Waals surface area (Å²) in [5.41, 5.74) is 1.69. The molecule has 1 aromatic heterocycles. The topological polar surface area (TPSA) is 72.0 Å². The Morgan fingerprint density at radius 1 is 1.00 bits per heavy atom. The number of nitrogens with zero attached hydrogens (tertiary/aromatic N) is 3. The van der Waals surface area contributed by atoms with E-state index in [2.05, 4.69) is 41.7 Å². The van der Waals surface area contributed by atoms with Crippen LogP contribution in [-0.2, 0) is 0 Å². The van der Waals surface area contributed by atoms with Gasteiger partial charge in [-0.25, -0.2) is 0 Å². The summed E-state index contributed by atoms with van der Waals surface area (Å²) >= 11 is 3.41. The maximum atomic E-state index is 5.30. The van der Waals surface area contributed by atoms with E-state index in [1.165, 1.54) is 0 Å². The lowest BCUT2D eigenvalue weighted by molar-refractivity contribution is 0.417. The second kappa shape index (κ2) is 7.06. The minimum absolute atomic E-state index is 0.386. The van der Waals surface area contributed by atoms with Crippen LogP contribution in [0.2, 0.25) is 0 Å². The Hall–Kier alpha value is -2.67. The first kappa shape index (κ1) is 15.2. The molecule has 3 aromatic rings. The lowest BCUT2D eigenvalue weighted by atomic mass is 10.3. The van der Waals surface area contributed by atoms with Gasteiger partial charge in [0, 0.05) is 10.2 Å². The highest BCUT2D eigenvalue weighted by Gasteiger charge is 2.05. The molecule has 0 fully saturated rings. The van der Waals surface area contributed by atoms with Crippen LogP contribution in [0.3, 0.4) is 0 Å². The van der Waals surface area contributed by atoms with Crippen molar-refractivity contribution in [3.05, 3.63) is 59.2 Å². The summed E-state index contributed by atoms with van der Waals surface area (Å²) in [4.78, 5) is 4.40. The molecule has 0 aliphatic heterocycles. The van der Waals surface area contributed by atoms with Crippen molar-refractivity contribution in [2.24, 2.45) is 0 Å². The molecule has 2 aromatic carbocycles. The van der Waals surface area contributed by atoms with E-state index in [0.717, 1.165) is 15.8 Å². The van der Waals surface area contributed by atoms with E-state index in [9.17, 15) is 0 Å². The number of hydrogen-bond acceptors (Lipinski definition) is 6. The highest BCUT2D eigenvalue weighted by Crippen LogP contribution is 2.26. The number of nitrogens with one attached hydrogen (secondary N) is 2. The molecule has 0 saturated heterocycles. The van der Waals surface area contributed by atoms with Gasteiger partial charge in [0.25, 0.3) is 0 Å². The number of para-hydroxylation sites is 2. The van der Waals surface area contributed by atoms with E-state index >= 15 is 0 Å². The fourth-order valence-corrected chi connectivity index (χ4v) is 2.23. The molecule has 0 aliphatic carbocycles. The second-order valence-electron chi connectivity index (χ2n) is 4.62. The molecule has 3 rings (SSSR count). The lowest BCUT2D eigenvalue weighted by Crippen LogP contribution is -2.03. The first-order chi connectivity index (χ1) is 11.2. The van der Waals surface area contributed by atoms with Gasteiger partial charge < -0.3 is 15.4 Å². The van der Waals surface area contributed by atoms with Gasteiger partial charge in [-0.2, -0.15) is 10.1 Å². The molecule has 0 radical (unpaired) electrons. The number of rotatable bonds is 5. The van der Waals surface area contributed by atoms with E-state index in [4.69, 9.17) is 4.74 Å². The van der Waals surface area contributed by atoms with Crippen LogP contribution >= 0.6 is 15.9 Å². The summed E-state index contributed by atoms with van der Waals surface area (Å²) in [6.45, 7) is 0.